The summed E-state index contributed by atoms with van der Waals surface area (Å²) in [6.45, 7) is 0.0136. The number of aromatic nitrogens is 2. The Morgan fingerprint density at radius 1 is 1.38 bits per heavy atom. The summed E-state index contributed by atoms with van der Waals surface area (Å²) in [7, 11) is 0. The number of rotatable bonds is 3. The Hall–Kier alpha value is -2.11. The Morgan fingerprint density at radius 2 is 2.19 bits per heavy atom. The van der Waals surface area contributed by atoms with E-state index in [0.29, 0.717) is 5.69 Å². The number of ether oxygens (including phenoxy) is 1. The summed E-state index contributed by atoms with van der Waals surface area (Å²) in [6.07, 6.45) is 2.99. The fraction of sp³-hybridized carbons (Fsp3) is 0.100. The lowest BCUT2D eigenvalue weighted by molar-refractivity contribution is 0.211. The summed E-state index contributed by atoms with van der Waals surface area (Å²) in [5.41, 5.74) is 5.92. The van der Waals surface area contributed by atoms with E-state index in [9.17, 15) is 8.78 Å². The van der Waals surface area contributed by atoms with Crippen LogP contribution in [0.4, 0.5) is 14.5 Å². The van der Waals surface area contributed by atoms with E-state index in [1.807, 2.05) is 0 Å². The first-order valence-corrected chi connectivity index (χ1v) is 4.51. The van der Waals surface area contributed by atoms with Gasteiger partial charge in [0.25, 0.3) is 0 Å². The van der Waals surface area contributed by atoms with Gasteiger partial charge in [-0.1, -0.05) is 0 Å². The van der Waals surface area contributed by atoms with Crippen LogP contribution in [0.15, 0.2) is 30.6 Å². The molecule has 6 heteroatoms. The van der Waals surface area contributed by atoms with Gasteiger partial charge in [0.15, 0.2) is 18.3 Å². The zero-order valence-electron chi connectivity index (χ0n) is 8.23. The summed E-state index contributed by atoms with van der Waals surface area (Å²) < 4.78 is 32.2. The number of nitrogen functional groups attached to an aromatic ring is 1. The predicted molar refractivity (Wildman–Crippen MR) is 53.6 cm³/mol. The number of benzene rings is 1. The SMILES string of the molecule is Nc1cnn(COc2ccc(F)cc2F)c1. The smallest absolute Gasteiger partial charge is 0.181 e. The Kier molecular flexibility index (Phi) is 2.72. The van der Waals surface area contributed by atoms with Crippen molar-refractivity contribution in [2.45, 2.75) is 6.73 Å². The van der Waals surface area contributed by atoms with Gasteiger partial charge in [-0.15, -0.1) is 0 Å². The average molecular weight is 225 g/mol. The zero-order chi connectivity index (χ0) is 11.5. The van der Waals surface area contributed by atoms with Gasteiger partial charge in [-0.05, 0) is 12.1 Å². The molecule has 0 radical (unpaired) electrons. The molecule has 4 nitrogen and oxygen atoms in total. The molecular formula is C10H9F2N3O. The van der Waals surface area contributed by atoms with E-state index in [1.54, 1.807) is 6.20 Å². The summed E-state index contributed by atoms with van der Waals surface area (Å²) in [5, 5.41) is 3.85. The van der Waals surface area contributed by atoms with Crippen molar-refractivity contribution >= 4 is 5.69 Å². The lowest BCUT2D eigenvalue weighted by Crippen LogP contribution is -2.06. The first-order chi connectivity index (χ1) is 7.65. The number of hydrogen-bond acceptors (Lipinski definition) is 3. The van der Waals surface area contributed by atoms with Gasteiger partial charge in [0, 0.05) is 6.07 Å². The molecule has 2 N–H and O–H groups in total. The van der Waals surface area contributed by atoms with Crippen LogP contribution >= 0.6 is 0 Å². The van der Waals surface area contributed by atoms with Crippen molar-refractivity contribution < 1.29 is 13.5 Å². The van der Waals surface area contributed by atoms with Gasteiger partial charge in [0.05, 0.1) is 18.1 Å². The molecule has 0 aliphatic rings. The first-order valence-electron chi connectivity index (χ1n) is 4.51. The van der Waals surface area contributed by atoms with Crippen LogP contribution in [0.1, 0.15) is 0 Å². The van der Waals surface area contributed by atoms with Crippen LogP contribution < -0.4 is 10.5 Å². The zero-order valence-corrected chi connectivity index (χ0v) is 8.23. The third kappa shape index (κ3) is 2.28. The third-order valence-electron chi connectivity index (χ3n) is 1.90. The van der Waals surface area contributed by atoms with Crippen molar-refractivity contribution in [2.75, 3.05) is 5.73 Å². The van der Waals surface area contributed by atoms with E-state index < -0.39 is 11.6 Å². The second-order valence-corrected chi connectivity index (χ2v) is 3.16. The molecule has 2 aromatic rings. The van der Waals surface area contributed by atoms with E-state index in [2.05, 4.69) is 5.10 Å². The Morgan fingerprint density at radius 3 is 2.81 bits per heavy atom. The molecule has 0 aliphatic heterocycles. The molecule has 1 heterocycles. The highest BCUT2D eigenvalue weighted by Crippen LogP contribution is 2.17. The largest absolute Gasteiger partial charge is 0.468 e. The fourth-order valence-corrected chi connectivity index (χ4v) is 1.18. The second-order valence-electron chi connectivity index (χ2n) is 3.16. The first kappa shape index (κ1) is 10.4. The molecule has 0 aliphatic carbocycles. The van der Waals surface area contributed by atoms with Gasteiger partial charge in [0.2, 0.25) is 0 Å². The Balaban J connectivity index is 2.04. The van der Waals surface area contributed by atoms with Gasteiger partial charge in [0.1, 0.15) is 5.82 Å². The summed E-state index contributed by atoms with van der Waals surface area (Å²) in [4.78, 5) is 0. The van der Waals surface area contributed by atoms with Crippen LogP contribution in [-0.2, 0) is 6.73 Å². The summed E-state index contributed by atoms with van der Waals surface area (Å²) >= 11 is 0. The lowest BCUT2D eigenvalue weighted by atomic mass is 10.3. The normalized spacial score (nSPS) is 10.4. The molecule has 0 spiro atoms. The van der Waals surface area contributed by atoms with Gasteiger partial charge < -0.3 is 10.5 Å². The molecule has 0 bridgehead atoms. The molecule has 84 valence electrons. The molecule has 0 saturated carbocycles. The molecule has 1 aromatic heterocycles. The van der Waals surface area contributed by atoms with Crippen LogP contribution in [0.25, 0.3) is 0 Å². The highest BCUT2D eigenvalue weighted by atomic mass is 19.1. The monoisotopic (exact) mass is 225 g/mol. The minimum absolute atomic E-state index is 0.0136. The third-order valence-corrected chi connectivity index (χ3v) is 1.90. The Bertz CT molecular complexity index is 499. The van der Waals surface area contributed by atoms with Gasteiger partial charge >= 0.3 is 0 Å². The van der Waals surface area contributed by atoms with Crippen LogP contribution in [0.2, 0.25) is 0 Å². The fourth-order valence-electron chi connectivity index (χ4n) is 1.18. The molecule has 0 atom stereocenters. The highest BCUT2D eigenvalue weighted by Gasteiger charge is 2.04. The van der Waals surface area contributed by atoms with Crippen LogP contribution in [0.3, 0.4) is 0 Å². The molecule has 0 fully saturated rings. The molecular weight excluding hydrogens is 216 g/mol. The van der Waals surface area contributed by atoms with Crippen molar-refractivity contribution in [3.05, 3.63) is 42.2 Å². The Labute approximate surface area is 90.2 Å². The topological polar surface area (TPSA) is 53.1 Å². The van der Waals surface area contributed by atoms with E-state index in [1.165, 1.54) is 16.9 Å². The second kappa shape index (κ2) is 4.18. The van der Waals surface area contributed by atoms with Crippen LogP contribution in [-0.4, -0.2) is 9.78 Å². The molecule has 16 heavy (non-hydrogen) atoms. The van der Waals surface area contributed by atoms with E-state index in [0.717, 1.165) is 12.1 Å². The van der Waals surface area contributed by atoms with E-state index in [4.69, 9.17) is 10.5 Å². The molecule has 0 unspecified atom stereocenters. The minimum Gasteiger partial charge on any atom is -0.468 e. The number of nitrogens with zero attached hydrogens (tertiary/aromatic N) is 2. The number of hydrogen-bond donors (Lipinski definition) is 1. The van der Waals surface area contributed by atoms with E-state index in [-0.39, 0.29) is 12.5 Å². The van der Waals surface area contributed by atoms with Crippen LogP contribution in [0, 0.1) is 11.6 Å². The lowest BCUT2D eigenvalue weighted by Gasteiger charge is -2.06. The van der Waals surface area contributed by atoms with Crippen molar-refractivity contribution in [1.29, 1.82) is 0 Å². The molecule has 0 saturated heterocycles. The summed E-state index contributed by atoms with van der Waals surface area (Å²) in [6, 6.07) is 3.10. The van der Waals surface area contributed by atoms with Crippen molar-refractivity contribution in [2.24, 2.45) is 0 Å². The van der Waals surface area contributed by atoms with Crippen molar-refractivity contribution in [3.8, 4) is 5.75 Å². The summed E-state index contributed by atoms with van der Waals surface area (Å²) in [5.74, 6) is -1.43. The average Bonchev–Trinajstić information content (AvgIpc) is 2.63. The van der Waals surface area contributed by atoms with Gasteiger partial charge in [-0.3, -0.25) is 0 Å². The van der Waals surface area contributed by atoms with Gasteiger partial charge in [-0.2, -0.15) is 5.10 Å². The van der Waals surface area contributed by atoms with Crippen molar-refractivity contribution in [3.63, 3.8) is 0 Å². The number of anilines is 1. The maximum Gasteiger partial charge on any atom is 0.181 e. The highest BCUT2D eigenvalue weighted by molar-refractivity contribution is 5.30. The molecule has 1 aromatic carbocycles. The standard InChI is InChI=1S/C10H9F2N3O/c11-7-1-2-10(9(12)3-7)16-6-15-5-8(13)4-14-15/h1-5H,6,13H2. The van der Waals surface area contributed by atoms with Crippen LogP contribution in [0.5, 0.6) is 5.75 Å². The molecule has 0 amide bonds. The van der Waals surface area contributed by atoms with E-state index >= 15 is 0 Å². The van der Waals surface area contributed by atoms with Gasteiger partial charge in [-0.25, -0.2) is 13.5 Å². The van der Waals surface area contributed by atoms with Crippen molar-refractivity contribution in [1.82, 2.24) is 9.78 Å². The number of halogens is 2. The maximum atomic E-state index is 13.1. The maximum absolute atomic E-state index is 13.1. The molecule has 2 rings (SSSR count). The number of nitrogens with two attached hydrogens (primary N) is 1. The quantitative estimate of drug-likeness (QED) is 0.866. The minimum atomic E-state index is -0.750. The predicted octanol–water partition coefficient (Wildman–Crippen LogP) is 1.78.